The third-order valence-corrected chi connectivity index (χ3v) is 22.9. The third-order valence-electron chi connectivity index (χ3n) is 22.9. The molecule has 16 heterocycles. The van der Waals surface area contributed by atoms with Crippen molar-refractivity contribution >= 4 is 67.5 Å². The van der Waals surface area contributed by atoms with E-state index in [0.717, 1.165) is 182 Å². The van der Waals surface area contributed by atoms with Gasteiger partial charge in [-0.1, -0.05) is 32.1 Å². The van der Waals surface area contributed by atoms with Crippen LogP contribution < -0.4 is 57.0 Å². The molecule has 3 N–H and O–H groups in total. The molecule has 4 aliphatic rings. The highest BCUT2D eigenvalue weighted by Crippen LogP contribution is 2.34. The fourth-order valence-electron chi connectivity index (χ4n) is 16.3. The number of nitrogens with zero attached hydrogens (tertiary/aromatic N) is 18. The summed E-state index contributed by atoms with van der Waals surface area (Å²) in [5.41, 5.74) is 19.0. The average Bonchev–Trinajstić information content (AvgIpc) is 0.935. The molecule has 0 bridgehead atoms. The summed E-state index contributed by atoms with van der Waals surface area (Å²) in [4.78, 5) is 90.6. The first-order valence-electron chi connectivity index (χ1n) is 40.5. The summed E-state index contributed by atoms with van der Waals surface area (Å²) in [7, 11) is 11.0. The second kappa shape index (κ2) is 35.9. The third kappa shape index (κ3) is 17.7. The van der Waals surface area contributed by atoms with Crippen molar-refractivity contribution in [2.24, 2.45) is 7.05 Å². The van der Waals surface area contributed by atoms with Crippen molar-refractivity contribution in [1.82, 2.24) is 82.1 Å². The van der Waals surface area contributed by atoms with Gasteiger partial charge in [-0.15, -0.1) is 0 Å². The zero-order chi connectivity index (χ0) is 82.3. The fraction of sp³-hybridized carbons (Fsp3) is 0.330. The molecule has 0 unspecified atom stereocenters. The smallest absolute Gasteiger partial charge is 0.258 e. The zero-order valence-corrected chi connectivity index (χ0v) is 68.7. The molecule has 2 fully saturated rings. The summed E-state index contributed by atoms with van der Waals surface area (Å²) in [6.45, 7) is 19.0. The number of aliphatic hydroxyl groups is 1. The maximum absolute atomic E-state index is 13.1. The number of rotatable bonds is 17. The van der Waals surface area contributed by atoms with Crippen LogP contribution in [0.1, 0.15) is 74.8 Å². The number of pyridine rings is 6. The number of likely N-dealkylation sites (N-methyl/N-ethyl adjacent to an activating group) is 1. The van der Waals surface area contributed by atoms with Crippen LogP contribution in [0.4, 0.5) is 17.2 Å². The Hall–Kier alpha value is -12.5. The number of aliphatic hydroxyl groups excluding tert-OH is 1. The quantitative estimate of drug-likeness (QED) is 0.0765. The Balaban J connectivity index is 0.000000124. The molecule has 18 rings (SSSR count). The van der Waals surface area contributed by atoms with E-state index in [2.05, 4.69) is 95.5 Å². The van der Waals surface area contributed by atoms with Gasteiger partial charge in [-0.05, 0) is 210 Å². The Morgan fingerprint density at radius 3 is 1.59 bits per heavy atom. The lowest BCUT2D eigenvalue weighted by Gasteiger charge is -2.38. The SMILES string of the molecule is CCN(CC)C1CCN(c2ccc3nc(-c4ccc5nc(C)cn5c4)cc(=O)n3c2)CC1.CN(C)c1ccc(-c2cc(=O)n3cc(C4=CCNCC4)ccc3n2)cn1.COc1ccc(-c2cc(=O)n3cc(N4CCC(N(C)CCO)CC4)cc(C)c3n2)cc1OC.Cn1ncc2cc(-c3cc(=O)n4cc(C5=CCNCC5)ccc4n3)ccc21. The Morgan fingerprint density at radius 2 is 1.02 bits per heavy atom. The zero-order valence-electron chi connectivity index (χ0n) is 68.7. The van der Waals surface area contributed by atoms with Crippen LogP contribution in [-0.2, 0) is 7.05 Å². The predicted molar refractivity (Wildman–Crippen MR) is 469 cm³/mol. The number of piperidine rings is 2. The van der Waals surface area contributed by atoms with Crippen LogP contribution in [0.15, 0.2) is 208 Å². The van der Waals surface area contributed by atoms with Crippen LogP contribution >= 0.6 is 0 Å². The van der Waals surface area contributed by atoms with Crippen molar-refractivity contribution in [2.75, 3.05) is 129 Å². The second-order valence-electron chi connectivity index (χ2n) is 30.6. The first-order valence-corrected chi connectivity index (χ1v) is 40.5. The fourth-order valence-corrected chi connectivity index (χ4v) is 16.3. The van der Waals surface area contributed by atoms with Crippen LogP contribution in [0.3, 0.4) is 0 Å². The summed E-state index contributed by atoms with van der Waals surface area (Å²) in [6.07, 6.45) is 25.8. The van der Waals surface area contributed by atoms with Gasteiger partial charge in [-0.25, -0.2) is 29.9 Å². The number of benzene rings is 2. The number of methoxy groups -OCH3 is 2. The minimum absolute atomic E-state index is 0.0632. The van der Waals surface area contributed by atoms with Crippen LogP contribution in [-0.4, -0.2) is 203 Å². The topological polar surface area (TPSA) is 264 Å². The number of ether oxygens (including phenoxy) is 2. The maximum atomic E-state index is 13.1. The molecule has 4 aliphatic heterocycles. The molecule has 27 nitrogen and oxygen atoms in total. The largest absolute Gasteiger partial charge is 0.493 e. The molecule has 118 heavy (non-hydrogen) atoms. The van der Waals surface area contributed by atoms with Crippen molar-refractivity contribution in [3.63, 3.8) is 0 Å². The average molecular weight is 1590 g/mol. The van der Waals surface area contributed by atoms with Crippen molar-refractivity contribution in [3.05, 3.63) is 253 Å². The Labute approximate surface area is 684 Å². The normalized spacial score (nSPS) is 14.8. The highest BCUT2D eigenvalue weighted by atomic mass is 16.5. The Morgan fingerprint density at radius 1 is 0.500 bits per heavy atom. The first kappa shape index (κ1) is 80.6. The minimum atomic E-state index is -0.118. The number of imidazole rings is 1. The van der Waals surface area contributed by atoms with Gasteiger partial charge in [0.2, 0.25) is 0 Å². The van der Waals surface area contributed by atoms with Gasteiger partial charge in [0.15, 0.2) is 11.5 Å². The van der Waals surface area contributed by atoms with Gasteiger partial charge in [-0.2, -0.15) is 5.10 Å². The van der Waals surface area contributed by atoms with Gasteiger partial charge < -0.3 is 54.1 Å². The standard InChI is InChI=1S/C25H30N6O.C25H32N4O4.C21H19N5O.C20H21N5O/c1-4-28(5-2)20-10-12-29(13-11-20)21-7-9-24-27-22(14-25(32)31(24)17-21)19-6-8-23-26-18(3)15-30(23)16-19;1-17-13-20(28-9-7-19(8-10-28)27(2)11-12-30)16-29-24(31)15-21(26-25(17)29)18-5-6-22(32-3)23(14-18)33-4;1-25-19-4-2-15(10-17(19)12-23-25)18-11-21(27)26-13-16(3-5-20(26)24-18)14-6-8-22-9-7-14;1-24(2)18-5-3-15(12-22-18)17-11-20(26)25-13-16(4-6-19(25)23-17)14-7-9-21-10-8-14/h6-9,14-17,20H,4-5,10-13H2,1-3H3;5-6,13-16,19,30H,7-12H2,1-4H3;2-6,10-13,22H,7-9H2,1H3;3-7,11-13,21H,8-10H2,1-2H3. The van der Waals surface area contributed by atoms with Crippen LogP contribution in [0, 0.1) is 13.8 Å². The van der Waals surface area contributed by atoms with E-state index in [-0.39, 0.29) is 28.8 Å². The van der Waals surface area contributed by atoms with Crippen LogP contribution in [0.25, 0.3) is 95.3 Å². The van der Waals surface area contributed by atoms with Gasteiger partial charge in [-0.3, -0.25) is 41.5 Å². The summed E-state index contributed by atoms with van der Waals surface area (Å²) < 4.78 is 21.1. The molecular weight excluding hydrogens is 1490 g/mol. The molecule has 0 radical (unpaired) electrons. The molecule has 14 aromatic rings. The molecule has 0 amide bonds. The summed E-state index contributed by atoms with van der Waals surface area (Å²) in [6, 6.07) is 40.9. The molecule has 0 aliphatic carbocycles. The summed E-state index contributed by atoms with van der Waals surface area (Å²) in [5, 5.41) is 21.1. The molecule has 0 atom stereocenters. The molecule has 2 saturated heterocycles. The Bertz CT molecular complexity index is 6320. The lowest BCUT2D eigenvalue weighted by Crippen LogP contribution is -2.45. The molecule has 0 saturated carbocycles. The number of aromatic nitrogens is 13. The van der Waals surface area contributed by atoms with E-state index in [1.54, 1.807) is 62.3 Å². The monoisotopic (exact) mass is 1590 g/mol. The number of hydrogen-bond donors (Lipinski definition) is 3. The van der Waals surface area contributed by atoms with E-state index >= 15 is 0 Å². The highest BCUT2D eigenvalue weighted by Gasteiger charge is 2.26. The molecule has 27 heteroatoms. The molecule has 0 spiro atoms. The number of hydrogen-bond acceptors (Lipinski definition) is 21. The van der Waals surface area contributed by atoms with Gasteiger partial charge in [0.05, 0.1) is 72.4 Å². The van der Waals surface area contributed by atoms with Gasteiger partial charge in [0, 0.05) is 174 Å². The minimum Gasteiger partial charge on any atom is -0.493 e. The van der Waals surface area contributed by atoms with Crippen LogP contribution in [0.2, 0.25) is 0 Å². The van der Waals surface area contributed by atoms with Gasteiger partial charge in [0.25, 0.3) is 22.2 Å². The molecule has 608 valence electrons. The van der Waals surface area contributed by atoms with E-state index in [1.165, 1.54) is 11.1 Å². The number of fused-ring (bicyclic) bond motifs is 6. The number of nitrogens with one attached hydrogen (secondary N) is 2. The van der Waals surface area contributed by atoms with E-state index < -0.39 is 0 Å². The van der Waals surface area contributed by atoms with E-state index in [9.17, 15) is 24.3 Å². The molecular formula is C91H102N20O7. The van der Waals surface area contributed by atoms with Crippen molar-refractivity contribution < 1.29 is 14.6 Å². The Kier molecular flexibility index (Phi) is 24.5. The molecule has 12 aromatic heterocycles. The predicted octanol–water partition coefficient (Wildman–Crippen LogP) is 11.0. The van der Waals surface area contributed by atoms with Crippen LogP contribution in [0.5, 0.6) is 11.5 Å². The van der Waals surface area contributed by atoms with Gasteiger partial charge in [0.1, 0.15) is 34.1 Å². The summed E-state index contributed by atoms with van der Waals surface area (Å²) >= 11 is 0. The first-order chi connectivity index (χ1) is 57.3. The van der Waals surface area contributed by atoms with Crippen molar-refractivity contribution in [1.29, 1.82) is 0 Å². The maximum Gasteiger partial charge on any atom is 0.258 e. The van der Waals surface area contributed by atoms with E-state index in [0.29, 0.717) is 75.5 Å². The van der Waals surface area contributed by atoms with Crippen molar-refractivity contribution in [2.45, 2.75) is 78.3 Å². The second-order valence-corrected chi connectivity index (χ2v) is 30.6. The molecule has 2 aromatic carbocycles. The summed E-state index contributed by atoms with van der Waals surface area (Å²) in [5.74, 6) is 2.09. The van der Waals surface area contributed by atoms with Gasteiger partial charge >= 0.3 is 0 Å². The van der Waals surface area contributed by atoms with Crippen molar-refractivity contribution in [3.8, 4) is 56.5 Å². The number of anilines is 3. The number of aryl methyl sites for hydroxylation is 3. The van der Waals surface area contributed by atoms with E-state index in [1.807, 2.05) is 183 Å². The highest BCUT2D eigenvalue weighted by molar-refractivity contribution is 5.84. The lowest BCUT2D eigenvalue weighted by atomic mass is 10.0. The lowest BCUT2D eigenvalue weighted by molar-refractivity contribution is 0.162. The van der Waals surface area contributed by atoms with E-state index in [4.69, 9.17) is 24.4 Å².